The van der Waals surface area contributed by atoms with Crippen LogP contribution in [-0.4, -0.2) is 40.6 Å². The molecule has 1 amide bonds. The molecule has 2 aromatic rings. The molecule has 114 valence electrons. The van der Waals surface area contributed by atoms with Gasteiger partial charge in [-0.1, -0.05) is 33.2 Å². The van der Waals surface area contributed by atoms with Crippen LogP contribution >= 0.6 is 15.9 Å². The first-order valence-electron chi connectivity index (χ1n) is 6.14. The molecule has 0 atom stereocenters. The average Bonchev–Trinajstić information content (AvgIpc) is 2.80. The summed E-state index contributed by atoms with van der Waals surface area (Å²) >= 11 is 3.05. The van der Waals surface area contributed by atoms with Crippen LogP contribution in [0.1, 0.15) is 5.69 Å². The maximum atomic E-state index is 12.5. The molecule has 0 N–H and O–H groups in total. The molecular formula is C13H12BrF3N2O2. The van der Waals surface area contributed by atoms with Crippen molar-refractivity contribution in [1.82, 2.24) is 10.1 Å². The van der Waals surface area contributed by atoms with Crippen LogP contribution in [0.25, 0.3) is 11.0 Å². The van der Waals surface area contributed by atoms with Crippen molar-refractivity contribution in [1.29, 1.82) is 0 Å². The van der Waals surface area contributed by atoms with Crippen molar-refractivity contribution in [3.05, 3.63) is 30.0 Å². The van der Waals surface area contributed by atoms with Crippen LogP contribution in [0, 0.1) is 0 Å². The lowest BCUT2D eigenvalue weighted by Crippen LogP contribution is -2.41. The number of amides is 1. The molecule has 0 aliphatic rings. The van der Waals surface area contributed by atoms with Crippen molar-refractivity contribution in [2.24, 2.45) is 0 Å². The van der Waals surface area contributed by atoms with Crippen LogP contribution in [0.4, 0.5) is 13.2 Å². The molecule has 0 aliphatic carbocycles. The lowest BCUT2D eigenvalue weighted by atomic mass is 10.1. The van der Waals surface area contributed by atoms with Crippen LogP contribution in [0.2, 0.25) is 0 Å². The van der Waals surface area contributed by atoms with Gasteiger partial charge in [-0.2, -0.15) is 13.2 Å². The van der Waals surface area contributed by atoms with Crippen molar-refractivity contribution in [2.45, 2.75) is 12.6 Å². The number of halogens is 4. The van der Waals surface area contributed by atoms with E-state index in [1.165, 1.54) is 0 Å². The molecule has 0 saturated heterocycles. The smallest absolute Gasteiger partial charge is 0.356 e. The van der Waals surface area contributed by atoms with Crippen LogP contribution < -0.4 is 0 Å². The van der Waals surface area contributed by atoms with Gasteiger partial charge in [-0.3, -0.25) is 4.79 Å². The number of carbonyl (C=O) groups is 1. The van der Waals surface area contributed by atoms with E-state index >= 15 is 0 Å². The maximum absolute atomic E-state index is 12.5. The van der Waals surface area contributed by atoms with E-state index < -0.39 is 18.6 Å². The van der Waals surface area contributed by atoms with Crippen molar-refractivity contribution in [2.75, 3.05) is 18.4 Å². The van der Waals surface area contributed by atoms with Crippen molar-refractivity contribution < 1.29 is 22.5 Å². The zero-order valence-corrected chi connectivity index (χ0v) is 12.4. The Kier molecular flexibility index (Phi) is 4.87. The fraction of sp³-hybridized carbons (Fsp3) is 0.385. The van der Waals surface area contributed by atoms with Gasteiger partial charge in [0.05, 0.1) is 6.42 Å². The molecule has 2 rings (SSSR count). The summed E-state index contributed by atoms with van der Waals surface area (Å²) in [6, 6.07) is 6.90. The zero-order chi connectivity index (χ0) is 15.5. The maximum Gasteiger partial charge on any atom is 0.406 e. The summed E-state index contributed by atoms with van der Waals surface area (Å²) in [6.07, 6.45) is -4.65. The number of carbonyl (C=O) groups excluding carboxylic acids is 1. The predicted molar refractivity (Wildman–Crippen MR) is 74.1 cm³/mol. The average molecular weight is 365 g/mol. The fourth-order valence-corrected chi connectivity index (χ4v) is 2.36. The summed E-state index contributed by atoms with van der Waals surface area (Å²) in [5.41, 5.74) is 0.848. The third-order valence-electron chi connectivity index (χ3n) is 2.85. The quantitative estimate of drug-likeness (QED) is 0.765. The van der Waals surface area contributed by atoms with Gasteiger partial charge < -0.3 is 9.42 Å². The molecule has 0 saturated carbocycles. The standard InChI is InChI=1S/C13H12BrF3N2O2/c14-5-6-19(8-13(15,16)17)12(20)7-10-9-3-1-2-4-11(9)21-18-10/h1-4H,5-8H2. The molecule has 0 aliphatic heterocycles. The monoisotopic (exact) mass is 364 g/mol. The Morgan fingerprint density at radius 2 is 2.05 bits per heavy atom. The second kappa shape index (κ2) is 6.46. The minimum atomic E-state index is -4.43. The molecule has 0 unspecified atom stereocenters. The summed E-state index contributed by atoms with van der Waals surface area (Å²) in [6.45, 7) is -1.29. The Morgan fingerprint density at radius 1 is 1.33 bits per heavy atom. The van der Waals surface area contributed by atoms with Crippen LogP contribution in [0.5, 0.6) is 0 Å². The van der Waals surface area contributed by atoms with Crippen LogP contribution in [0.3, 0.4) is 0 Å². The zero-order valence-electron chi connectivity index (χ0n) is 10.9. The van der Waals surface area contributed by atoms with Crippen molar-refractivity contribution >= 4 is 32.8 Å². The highest BCUT2D eigenvalue weighted by Crippen LogP contribution is 2.20. The number of para-hydroxylation sites is 1. The Balaban J connectivity index is 2.14. The first-order valence-corrected chi connectivity index (χ1v) is 7.26. The summed E-state index contributed by atoms with van der Waals surface area (Å²) in [5.74, 6) is -0.633. The third kappa shape index (κ3) is 4.20. The second-order valence-electron chi connectivity index (χ2n) is 4.42. The van der Waals surface area contributed by atoms with Crippen LogP contribution in [-0.2, 0) is 11.2 Å². The highest BCUT2D eigenvalue weighted by molar-refractivity contribution is 9.09. The molecule has 0 spiro atoms. The van der Waals surface area contributed by atoms with Gasteiger partial charge >= 0.3 is 6.18 Å². The summed E-state index contributed by atoms with van der Waals surface area (Å²) < 4.78 is 42.5. The molecule has 8 heteroatoms. The topological polar surface area (TPSA) is 46.3 Å². The minimum Gasteiger partial charge on any atom is -0.356 e. The summed E-state index contributed by atoms with van der Waals surface area (Å²) in [7, 11) is 0. The molecular weight excluding hydrogens is 353 g/mol. The summed E-state index contributed by atoms with van der Waals surface area (Å²) in [4.78, 5) is 12.8. The number of hydrogen-bond acceptors (Lipinski definition) is 3. The molecule has 21 heavy (non-hydrogen) atoms. The lowest BCUT2D eigenvalue weighted by molar-refractivity contribution is -0.160. The Hall–Kier alpha value is -1.57. The lowest BCUT2D eigenvalue weighted by Gasteiger charge is -2.22. The SMILES string of the molecule is O=C(Cc1noc2ccccc12)N(CCBr)CC(F)(F)F. The number of alkyl halides is 4. The van der Waals surface area contributed by atoms with Gasteiger partial charge in [-0.25, -0.2) is 0 Å². The largest absolute Gasteiger partial charge is 0.406 e. The number of rotatable bonds is 5. The van der Waals surface area contributed by atoms with Gasteiger partial charge in [0.15, 0.2) is 5.58 Å². The number of nitrogens with zero attached hydrogens (tertiary/aromatic N) is 2. The normalized spacial score (nSPS) is 11.8. The Labute approximate surface area is 127 Å². The van der Waals surface area contributed by atoms with E-state index in [-0.39, 0.29) is 18.3 Å². The van der Waals surface area contributed by atoms with Gasteiger partial charge in [0.2, 0.25) is 5.91 Å². The number of fused-ring (bicyclic) bond motifs is 1. The van der Waals surface area contributed by atoms with E-state index in [0.29, 0.717) is 16.7 Å². The van der Waals surface area contributed by atoms with Gasteiger partial charge in [0, 0.05) is 17.3 Å². The molecule has 1 heterocycles. The molecule has 0 fully saturated rings. The Morgan fingerprint density at radius 3 is 2.71 bits per heavy atom. The first kappa shape index (κ1) is 15.8. The molecule has 1 aromatic heterocycles. The predicted octanol–water partition coefficient (Wildman–Crippen LogP) is 3.16. The fourth-order valence-electron chi connectivity index (χ4n) is 1.93. The Bertz CT molecular complexity index is 627. The number of aromatic nitrogens is 1. The number of hydrogen-bond donors (Lipinski definition) is 0. The van der Waals surface area contributed by atoms with E-state index in [1.54, 1.807) is 24.3 Å². The number of benzene rings is 1. The van der Waals surface area contributed by atoms with Crippen molar-refractivity contribution in [3.63, 3.8) is 0 Å². The van der Waals surface area contributed by atoms with Gasteiger partial charge in [-0.05, 0) is 12.1 Å². The van der Waals surface area contributed by atoms with E-state index in [1.807, 2.05) is 0 Å². The van der Waals surface area contributed by atoms with Gasteiger partial charge in [0.1, 0.15) is 12.2 Å². The highest BCUT2D eigenvalue weighted by atomic mass is 79.9. The van der Waals surface area contributed by atoms with E-state index in [0.717, 1.165) is 4.90 Å². The third-order valence-corrected chi connectivity index (χ3v) is 3.20. The van der Waals surface area contributed by atoms with Crippen LogP contribution in [0.15, 0.2) is 28.8 Å². The molecule has 4 nitrogen and oxygen atoms in total. The molecule has 1 aromatic carbocycles. The molecule has 0 radical (unpaired) electrons. The first-order chi connectivity index (χ1) is 9.90. The van der Waals surface area contributed by atoms with Gasteiger partial charge in [-0.15, -0.1) is 0 Å². The second-order valence-corrected chi connectivity index (χ2v) is 5.21. The van der Waals surface area contributed by atoms with E-state index in [2.05, 4.69) is 21.1 Å². The van der Waals surface area contributed by atoms with Crippen molar-refractivity contribution in [3.8, 4) is 0 Å². The summed E-state index contributed by atoms with van der Waals surface area (Å²) in [5, 5.41) is 4.67. The minimum absolute atomic E-state index is 0.0197. The van der Waals surface area contributed by atoms with E-state index in [4.69, 9.17) is 4.52 Å². The highest BCUT2D eigenvalue weighted by Gasteiger charge is 2.33. The van der Waals surface area contributed by atoms with E-state index in [9.17, 15) is 18.0 Å². The van der Waals surface area contributed by atoms with Gasteiger partial charge in [0.25, 0.3) is 0 Å². The molecule has 0 bridgehead atoms.